The Morgan fingerprint density at radius 1 is 1.19 bits per heavy atom. The molecule has 0 bridgehead atoms. The van der Waals surface area contributed by atoms with Crippen molar-refractivity contribution in [2.75, 3.05) is 7.11 Å². The van der Waals surface area contributed by atoms with Crippen LogP contribution in [0.5, 0.6) is 5.75 Å². The fourth-order valence-electron chi connectivity index (χ4n) is 2.23. The molecule has 0 radical (unpaired) electrons. The molecule has 1 aromatic heterocycles. The minimum absolute atomic E-state index is 0.625. The molecule has 2 aromatic carbocycles. The fourth-order valence-corrected chi connectivity index (χ4v) is 2.51. The smallest absolute Gasteiger partial charge is 0.137 e. The van der Waals surface area contributed by atoms with E-state index in [-0.39, 0.29) is 0 Å². The van der Waals surface area contributed by atoms with Gasteiger partial charge in [-0.3, -0.25) is 0 Å². The third kappa shape index (κ3) is 3.17. The predicted molar refractivity (Wildman–Crippen MR) is 84.6 cm³/mol. The van der Waals surface area contributed by atoms with E-state index in [4.69, 9.17) is 16.3 Å². The second-order valence-electron chi connectivity index (χ2n) is 4.77. The van der Waals surface area contributed by atoms with Gasteiger partial charge in [0.25, 0.3) is 0 Å². The maximum absolute atomic E-state index is 6.11. The summed E-state index contributed by atoms with van der Waals surface area (Å²) in [6, 6.07) is 13.8. The van der Waals surface area contributed by atoms with Crippen molar-refractivity contribution in [3.05, 3.63) is 58.9 Å². The van der Waals surface area contributed by atoms with Gasteiger partial charge < -0.3 is 15.0 Å². The molecule has 0 aliphatic carbocycles. The highest BCUT2D eigenvalue weighted by molar-refractivity contribution is 6.32. The number of H-pyrrole nitrogens is 1. The van der Waals surface area contributed by atoms with Crippen LogP contribution in [0.3, 0.4) is 0 Å². The van der Waals surface area contributed by atoms with Gasteiger partial charge in [-0.05, 0) is 29.8 Å². The number of hydrogen-bond acceptors (Lipinski definition) is 3. The van der Waals surface area contributed by atoms with Crippen molar-refractivity contribution in [1.29, 1.82) is 0 Å². The summed E-state index contributed by atoms with van der Waals surface area (Å²) in [6.07, 6.45) is 0. The highest BCUT2D eigenvalue weighted by atomic mass is 35.5. The van der Waals surface area contributed by atoms with Gasteiger partial charge in [0, 0.05) is 6.54 Å². The fraction of sp³-hybridized carbons (Fsp3) is 0.188. The van der Waals surface area contributed by atoms with E-state index in [0.29, 0.717) is 17.3 Å². The van der Waals surface area contributed by atoms with Gasteiger partial charge in [0.15, 0.2) is 0 Å². The molecule has 3 rings (SSSR count). The predicted octanol–water partition coefficient (Wildman–Crippen LogP) is 3.51. The summed E-state index contributed by atoms with van der Waals surface area (Å²) in [7, 11) is 1.61. The summed E-state index contributed by atoms with van der Waals surface area (Å²) in [4.78, 5) is 7.82. The zero-order valence-corrected chi connectivity index (χ0v) is 12.4. The maximum Gasteiger partial charge on any atom is 0.137 e. The Morgan fingerprint density at radius 2 is 2.05 bits per heavy atom. The number of hydrogen-bond donors (Lipinski definition) is 2. The molecule has 0 atom stereocenters. The Labute approximate surface area is 128 Å². The van der Waals surface area contributed by atoms with E-state index < -0.39 is 0 Å². The lowest BCUT2D eigenvalue weighted by Gasteiger charge is -2.06. The van der Waals surface area contributed by atoms with Gasteiger partial charge >= 0.3 is 0 Å². The van der Waals surface area contributed by atoms with E-state index >= 15 is 0 Å². The zero-order valence-electron chi connectivity index (χ0n) is 11.7. The normalized spacial score (nSPS) is 11.0. The lowest BCUT2D eigenvalue weighted by atomic mass is 10.2. The SMILES string of the molecule is COc1ccc(CNCc2nc3ccccc3[nH]2)cc1Cl. The quantitative estimate of drug-likeness (QED) is 0.758. The molecule has 0 saturated carbocycles. The molecule has 3 aromatic rings. The van der Waals surface area contributed by atoms with E-state index in [0.717, 1.165) is 29.0 Å². The summed E-state index contributed by atoms with van der Waals surface area (Å²) < 4.78 is 5.14. The minimum atomic E-state index is 0.625. The number of methoxy groups -OCH3 is 1. The first-order chi connectivity index (χ1) is 10.3. The Kier molecular flexibility index (Phi) is 4.08. The number of imidazole rings is 1. The Hall–Kier alpha value is -2.04. The average molecular weight is 302 g/mol. The van der Waals surface area contributed by atoms with Gasteiger partial charge in [0.2, 0.25) is 0 Å². The van der Waals surface area contributed by atoms with Crippen LogP contribution in [0.2, 0.25) is 5.02 Å². The van der Waals surface area contributed by atoms with E-state index in [2.05, 4.69) is 15.3 Å². The largest absolute Gasteiger partial charge is 0.495 e. The molecule has 0 aliphatic heterocycles. The van der Waals surface area contributed by atoms with E-state index in [1.54, 1.807) is 7.11 Å². The van der Waals surface area contributed by atoms with E-state index in [1.165, 1.54) is 0 Å². The molecule has 21 heavy (non-hydrogen) atoms. The van der Waals surface area contributed by atoms with Crippen LogP contribution in [0.15, 0.2) is 42.5 Å². The number of para-hydroxylation sites is 2. The number of aromatic nitrogens is 2. The standard InChI is InChI=1S/C16H16ClN3O/c1-21-15-7-6-11(8-12(15)17)9-18-10-16-19-13-4-2-3-5-14(13)20-16/h2-8,18H,9-10H2,1H3,(H,19,20). The summed E-state index contributed by atoms with van der Waals surface area (Å²) in [5, 5.41) is 3.98. The number of fused-ring (bicyclic) bond motifs is 1. The second kappa shape index (κ2) is 6.16. The van der Waals surface area contributed by atoms with Crippen LogP contribution in [0, 0.1) is 0 Å². The van der Waals surface area contributed by atoms with Crippen molar-refractivity contribution in [1.82, 2.24) is 15.3 Å². The lowest BCUT2D eigenvalue weighted by molar-refractivity contribution is 0.415. The third-order valence-electron chi connectivity index (χ3n) is 3.28. The zero-order chi connectivity index (χ0) is 14.7. The van der Waals surface area contributed by atoms with Gasteiger partial charge in [-0.15, -0.1) is 0 Å². The van der Waals surface area contributed by atoms with Crippen molar-refractivity contribution >= 4 is 22.6 Å². The lowest BCUT2D eigenvalue weighted by Crippen LogP contribution is -2.13. The molecule has 4 nitrogen and oxygen atoms in total. The van der Waals surface area contributed by atoms with Crippen LogP contribution in [0.25, 0.3) is 11.0 Å². The topological polar surface area (TPSA) is 49.9 Å². The van der Waals surface area contributed by atoms with Gasteiger partial charge in [0.05, 0.1) is 29.7 Å². The third-order valence-corrected chi connectivity index (χ3v) is 3.57. The molecule has 0 aliphatic rings. The number of nitrogens with zero attached hydrogens (tertiary/aromatic N) is 1. The molecular formula is C16H16ClN3O. The Morgan fingerprint density at radius 3 is 2.81 bits per heavy atom. The maximum atomic E-state index is 6.11. The van der Waals surface area contributed by atoms with E-state index in [1.807, 2.05) is 42.5 Å². The molecule has 0 saturated heterocycles. The van der Waals surface area contributed by atoms with Crippen molar-refractivity contribution in [2.24, 2.45) is 0 Å². The molecule has 0 fully saturated rings. The van der Waals surface area contributed by atoms with Crippen LogP contribution >= 0.6 is 11.6 Å². The van der Waals surface area contributed by atoms with Crippen LogP contribution in [0.4, 0.5) is 0 Å². The number of halogens is 1. The van der Waals surface area contributed by atoms with Crippen molar-refractivity contribution in [3.8, 4) is 5.75 Å². The minimum Gasteiger partial charge on any atom is -0.495 e. The van der Waals surface area contributed by atoms with Gasteiger partial charge in [-0.25, -0.2) is 4.98 Å². The number of rotatable bonds is 5. The van der Waals surface area contributed by atoms with Crippen molar-refractivity contribution in [2.45, 2.75) is 13.1 Å². The Bertz CT molecular complexity index is 721. The van der Waals surface area contributed by atoms with Gasteiger partial charge in [-0.1, -0.05) is 29.8 Å². The van der Waals surface area contributed by atoms with Crippen LogP contribution in [-0.2, 0) is 13.1 Å². The van der Waals surface area contributed by atoms with Crippen LogP contribution in [0.1, 0.15) is 11.4 Å². The molecule has 108 valence electrons. The monoisotopic (exact) mass is 301 g/mol. The summed E-state index contributed by atoms with van der Waals surface area (Å²) >= 11 is 6.11. The van der Waals surface area contributed by atoms with E-state index in [9.17, 15) is 0 Å². The van der Waals surface area contributed by atoms with Gasteiger partial charge in [0.1, 0.15) is 11.6 Å². The van der Waals surface area contributed by atoms with Crippen molar-refractivity contribution < 1.29 is 4.74 Å². The molecule has 1 heterocycles. The van der Waals surface area contributed by atoms with Gasteiger partial charge in [-0.2, -0.15) is 0 Å². The van der Waals surface area contributed by atoms with Crippen LogP contribution in [-0.4, -0.2) is 17.1 Å². The summed E-state index contributed by atoms with van der Waals surface area (Å²) in [6.45, 7) is 1.40. The highest BCUT2D eigenvalue weighted by Gasteiger charge is 2.03. The average Bonchev–Trinajstić information content (AvgIpc) is 2.90. The number of ether oxygens (including phenoxy) is 1. The number of benzene rings is 2. The molecule has 0 spiro atoms. The highest BCUT2D eigenvalue weighted by Crippen LogP contribution is 2.24. The number of nitrogens with one attached hydrogen (secondary N) is 2. The molecule has 5 heteroatoms. The molecule has 0 amide bonds. The first kappa shape index (κ1) is 13.9. The summed E-state index contributed by atoms with van der Waals surface area (Å²) in [5.41, 5.74) is 3.15. The molecule has 0 unspecified atom stereocenters. The first-order valence-corrected chi connectivity index (χ1v) is 7.11. The molecule has 2 N–H and O–H groups in total. The Balaban J connectivity index is 1.61. The second-order valence-corrected chi connectivity index (χ2v) is 5.18. The molecular weight excluding hydrogens is 286 g/mol. The van der Waals surface area contributed by atoms with Crippen LogP contribution < -0.4 is 10.1 Å². The van der Waals surface area contributed by atoms with Crippen molar-refractivity contribution in [3.63, 3.8) is 0 Å². The summed E-state index contributed by atoms with van der Waals surface area (Å²) in [5.74, 6) is 1.62. The first-order valence-electron chi connectivity index (χ1n) is 6.73. The number of aromatic amines is 1.